The van der Waals surface area contributed by atoms with Gasteiger partial charge >= 0.3 is 0 Å². The Hall–Kier alpha value is -2.40. The Morgan fingerprint density at radius 1 is 1.24 bits per heavy atom. The van der Waals surface area contributed by atoms with Gasteiger partial charge in [0.05, 0.1) is 17.0 Å². The van der Waals surface area contributed by atoms with Crippen LogP contribution in [-0.2, 0) is 6.54 Å². The first-order valence-electron chi connectivity index (χ1n) is 6.63. The van der Waals surface area contributed by atoms with Crippen molar-refractivity contribution in [3.8, 4) is 11.3 Å². The molecule has 0 N–H and O–H groups in total. The number of pyridine rings is 1. The molecule has 0 unspecified atom stereocenters. The van der Waals surface area contributed by atoms with Crippen molar-refractivity contribution >= 4 is 33.6 Å². The summed E-state index contributed by atoms with van der Waals surface area (Å²) in [7, 11) is 0. The molecule has 0 aliphatic carbocycles. The van der Waals surface area contributed by atoms with Gasteiger partial charge in [0.25, 0.3) is 0 Å². The molecule has 3 heterocycles. The van der Waals surface area contributed by atoms with Crippen molar-refractivity contribution in [3.05, 3.63) is 41.7 Å². The third-order valence-corrected chi connectivity index (χ3v) is 3.73. The summed E-state index contributed by atoms with van der Waals surface area (Å²) in [5, 5.41) is 10.9. The first-order chi connectivity index (χ1) is 10.3. The fraction of sp³-hybridized carbons (Fsp3) is 0.133. The van der Waals surface area contributed by atoms with Crippen LogP contribution >= 0.6 is 11.6 Å². The maximum atomic E-state index is 6.04. The lowest BCUT2D eigenvalue weighted by molar-refractivity contribution is 0.461. The maximum Gasteiger partial charge on any atom is 0.181 e. The van der Waals surface area contributed by atoms with Gasteiger partial charge in [-0.1, -0.05) is 28.9 Å². The van der Waals surface area contributed by atoms with E-state index in [4.69, 9.17) is 16.1 Å². The van der Waals surface area contributed by atoms with Crippen molar-refractivity contribution in [1.82, 2.24) is 19.9 Å². The van der Waals surface area contributed by atoms with Crippen LogP contribution in [0.1, 0.15) is 6.92 Å². The van der Waals surface area contributed by atoms with Crippen LogP contribution in [0.15, 0.2) is 41.2 Å². The molecule has 0 aliphatic rings. The van der Waals surface area contributed by atoms with Crippen molar-refractivity contribution in [2.75, 3.05) is 0 Å². The van der Waals surface area contributed by atoms with Crippen molar-refractivity contribution in [1.29, 1.82) is 0 Å². The molecule has 21 heavy (non-hydrogen) atoms. The number of aromatic nitrogens is 4. The minimum Gasteiger partial charge on any atom is -0.355 e. The smallest absolute Gasteiger partial charge is 0.181 e. The number of aryl methyl sites for hydroxylation is 1. The molecule has 4 aromatic rings. The molecule has 0 radical (unpaired) electrons. The van der Waals surface area contributed by atoms with E-state index in [-0.39, 0.29) is 0 Å². The average molecular weight is 299 g/mol. The van der Waals surface area contributed by atoms with Crippen LogP contribution in [0.3, 0.4) is 0 Å². The van der Waals surface area contributed by atoms with Crippen LogP contribution in [0.25, 0.3) is 33.3 Å². The number of hydrogen-bond donors (Lipinski definition) is 0. The normalized spacial score (nSPS) is 11.5. The predicted molar refractivity (Wildman–Crippen MR) is 81.2 cm³/mol. The molecule has 4 rings (SSSR count). The first kappa shape index (κ1) is 12.3. The Morgan fingerprint density at radius 2 is 2.14 bits per heavy atom. The zero-order valence-corrected chi connectivity index (χ0v) is 12.0. The zero-order valence-electron chi connectivity index (χ0n) is 11.2. The Kier molecular flexibility index (Phi) is 2.68. The molecule has 0 bridgehead atoms. The van der Waals surface area contributed by atoms with E-state index < -0.39 is 0 Å². The standard InChI is InChI=1S/C15H11ClN4O/c1-2-20-15-12(8-18-20)14-11(7-17-15)13(19-21-14)9-4-3-5-10(16)6-9/h3-8H,2H2,1H3. The van der Waals surface area contributed by atoms with Crippen LogP contribution in [0, 0.1) is 0 Å². The topological polar surface area (TPSA) is 56.7 Å². The highest BCUT2D eigenvalue weighted by Gasteiger charge is 2.16. The summed E-state index contributed by atoms with van der Waals surface area (Å²) in [4.78, 5) is 4.49. The second-order valence-electron chi connectivity index (χ2n) is 4.74. The van der Waals surface area contributed by atoms with Gasteiger partial charge in [0.15, 0.2) is 11.2 Å². The van der Waals surface area contributed by atoms with Crippen LogP contribution in [0.5, 0.6) is 0 Å². The number of fused-ring (bicyclic) bond motifs is 3. The molecule has 0 saturated carbocycles. The highest BCUT2D eigenvalue weighted by atomic mass is 35.5. The first-order valence-corrected chi connectivity index (χ1v) is 7.01. The number of benzene rings is 1. The summed E-state index contributed by atoms with van der Waals surface area (Å²) >= 11 is 6.04. The van der Waals surface area contributed by atoms with Crippen LogP contribution < -0.4 is 0 Å². The average Bonchev–Trinajstić information content (AvgIpc) is 3.10. The summed E-state index contributed by atoms with van der Waals surface area (Å²) in [5.74, 6) is 0. The predicted octanol–water partition coefficient (Wildman–Crippen LogP) is 3.91. The second kappa shape index (κ2) is 4.56. The number of halogens is 1. The third-order valence-electron chi connectivity index (χ3n) is 3.50. The van der Waals surface area contributed by atoms with E-state index in [1.807, 2.05) is 35.9 Å². The van der Waals surface area contributed by atoms with E-state index in [2.05, 4.69) is 15.2 Å². The fourth-order valence-electron chi connectivity index (χ4n) is 2.49. The molecule has 0 atom stereocenters. The number of hydrogen-bond acceptors (Lipinski definition) is 4. The van der Waals surface area contributed by atoms with Gasteiger partial charge < -0.3 is 4.52 Å². The maximum absolute atomic E-state index is 6.04. The fourth-order valence-corrected chi connectivity index (χ4v) is 2.68. The van der Waals surface area contributed by atoms with Gasteiger partial charge in [-0.05, 0) is 19.1 Å². The molecule has 3 aromatic heterocycles. The van der Waals surface area contributed by atoms with Gasteiger partial charge in [-0.3, -0.25) is 0 Å². The lowest BCUT2D eigenvalue weighted by Gasteiger charge is -1.98. The Labute approximate surface area is 125 Å². The van der Waals surface area contributed by atoms with E-state index in [9.17, 15) is 0 Å². The number of rotatable bonds is 2. The van der Waals surface area contributed by atoms with Crippen molar-refractivity contribution in [3.63, 3.8) is 0 Å². The van der Waals surface area contributed by atoms with E-state index in [0.29, 0.717) is 10.6 Å². The number of nitrogens with zero attached hydrogens (tertiary/aromatic N) is 4. The highest BCUT2D eigenvalue weighted by Crippen LogP contribution is 2.32. The molecule has 0 saturated heterocycles. The van der Waals surface area contributed by atoms with E-state index >= 15 is 0 Å². The summed E-state index contributed by atoms with van der Waals surface area (Å²) in [6, 6.07) is 7.52. The summed E-state index contributed by atoms with van der Waals surface area (Å²) in [6.07, 6.45) is 3.54. The largest absolute Gasteiger partial charge is 0.355 e. The molecule has 104 valence electrons. The van der Waals surface area contributed by atoms with Gasteiger partial charge in [0.2, 0.25) is 0 Å². The second-order valence-corrected chi connectivity index (χ2v) is 5.18. The minimum atomic E-state index is 0.663. The molecule has 0 amide bonds. The Bertz CT molecular complexity index is 957. The molecule has 1 aromatic carbocycles. The summed E-state index contributed by atoms with van der Waals surface area (Å²) in [6.45, 7) is 2.79. The van der Waals surface area contributed by atoms with Crippen LogP contribution in [0.2, 0.25) is 5.02 Å². The Morgan fingerprint density at radius 3 is 2.95 bits per heavy atom. The quantitative estimate of drug-likeness (QED) is 0.563. The van der Waals surface area contributed by atoms with Crippen molar-refractivity contribution in [2.24, 2.45) is 0 Å². The molecule has 0 aliphatic heterocycles. The van der Waals surface area contributed by atoms with E-state index in [0.717, 1.165) is 34.2 Å². The molecule has 0 spiro atoms. The lowest BCUT2D eigenvalue weighted by Crippen LogP contribution is -1.96. The summed E-state index contributed by atoms with van der Waals surface area (Å²) < 4.78 is 7.36. The Balaban J connectivity index is 2.01. The molecule has 0 fully saturated rings. The summed E-state index contributed by atoms with van der Waals surface area (Å²) in [5.41, 5.74) is 3.16. The molecule has 6 heteroatoms. The minimum absolute atomic E-state index is 0.663. The van der Waals surface area contributed by atoms with Gasteiger partial charge in [0.1, 0.15) is 5.69 Å². The highest BCUT2D eigenvalue weighted by molar-refractivity contribution is 6.30. The zero-order chi connectivity index (χ0) is 14.4. The molecular weight excluding hydrogens is 288 g/mol. The van der Waals surface area contributed by atoms with Crippen molar-refractivity contribution < 1.29 is 4.52 Å². The monoisotopic (exact) mass is 298 g/mol. The third kappa shape index (κ3) is 1.81. The van der Waals surface area contributed by atoms with Crippen LogP contribution in [0.4, 0.5) is 0 Å². The lowest BCUT2D eigenvalue weighted by atomic mass is 10.1. The van der Waals surface area contributed by atoms with Gasteiger partial charge in [0, 0.05) is 23.3 Å². The van der Waals surface area contributed by atoms with Gasteiger partial charge in [-0.2, -0.15) is 5.10 Å². The van der Waals surface area contributed by atoms with Gasteiger partial charge in [-0.15, -0.1) is 0 Å². The SMILES string of the molecule is CCn1ncc2c3onc(-c4cccc(Cl)c4)c3cnc21. The molecular formula is C15H11ClN4O. The van der Waals surface area contributed by atoms with E-state index in [1.54, 1.807) is 12.4 Å². The molecule has 5 nitrogen and oxygen atoms in total. The van der Waals surface area contributed by atoms with E-state index in [1.165, 1.54) is 0 Å². The van der Waals surface area contributed by atoms with Crippen LogP contribution in [-0.4, -0.2) is 19.9 Å². The van der Waals surface area contributed by atoms with Crippen molar-refractivity contribution in [2.45, 2.75) is 13.5 Å². The van der Waals surface area contributed by atoms with Gasteiger partial charge in [-0.25, -0.2) is 9.67 Å².